The first-order valence-corrected chi connectivity index (χ1v) is 9.55. The summed E-state index contributed by atoms with van der Waals surface area (Å²) in [6.45, 7) is 4.70. The number of rotatable bonds is 13. The van der Waals surface area contributed by atoms with Gasteiger partial charge in [0.05, 0.1) is 6.61 Å². The first-order chi connectivity index (χ1) is 11.9. The Morgan fingerprint density at radius 1 is 0.917 bits per heavy atom. The topological polar surface area (TPSA) is 18.0 Å². The zero-order valence-electron chi connectivity index (χ0n) is 15.2. The van der Waals surface area contributed by atoms with Gasteiger partial charge in [0.25, 0.3) is 0 Å². The van der Waals surface area contributed by atoms with Crippen LogP contribution in [0.4, 0.5) is 0 Å². The molecule has 3 nitrogen and oxygen atoms in total. The number of nitrogens with zero attached hydrogens (tertiary/aromatic N) is 2. The second-order valence-electron chi connectivity index (χ2n) is 6.60. The van der Waals surface area contributed by atoms with Crippen molar-refractivity contribution >= 4 is 0 Å². The lowest BCUT2D eigenvalue weighted by Crippen LogP contribution is -2.31. The molecule has 1 heterocycles. The zero-order valence-corrected chi connectivity index (χ0v) is 15.2. The van der Waals surface area contributed by atoms with Gasteiger partial charge in [0.15, 0.2) is 6.73 Å². The molecule has 2 rings (SSSR count). The highest BCUT2D eigenvalue weighted by Crippen LogP contribution is 2.08. The number of hydrogen-bond acceptors (Lipinski definition) is 1. The van der Waals surface area contributed by atoms with Crippen molar-refractivity contribution in [3.63, 3.8) is 0 Å². The summed E-state index contributed by atoms with van der Waals surface area (Å²) in [6.07, 6.45) is 17.0. The summed E-state index contributed by atoms with van der Waals surface area (Å²) in [6, 6.07) is 10.5. The van der Waals surface area contributed by atoms with Gasteiger partial charge in [-0.05, 0) is 12.0 Å². The smallest absolute Gasteiger partial charge is 0.245 e. The van der Waals surface area contributed by atoms with Crippen LogP contribution in [0.25, 0.3) is 0 Å². The standard InChI is InChI=1S/C21H33N2O/c1-2-3-4-5-6-7-8-12-17-24-20-23-16-15-22(19-23)18-21-13-10-9-11-14-21/h9-11,13-16,19H,2-8,12,17-18,20H2,1H3/q+1. The summed E-state index contributed by atoms with van der Waals surface area (Å²) in [5, 5.41) is 0. The normalized spacial score (nSPS) is 11.0. The molecule has 1 aromatic heterocycles. The summed E-state index contributed by atoms with van der Waals surface area (Å²) in [4.78, 5) is 0. The Labute approximate surface area is 147 Å². The molecule has 0 aliphatic rings. The molecule has 0 atom stereocenters. The van der Waals surface area contributed by atoms with Crippen LogP contribution in [0, 0.1) is 0 Å². The van der Waals surface area contributed by atoms with Gasteiger partial charge in [-0.3, -0.25) is 0 Å². The molecule has 0 unspecified atom stereocenters. The van der Waals surface area contributed by atoms with Crippen LogP contribution in [-0.2, 0) is 18.0 Å². The molecule has 24 heavy (non-hydrogen) atoms. The molecule has 0 aliphatic carbocycles. The Balaban J connectivity index is 1.51. The first kappa shape index (κ1) is 18.7. The highest BCUT2D eigenvalue weighted by atomic mass is 16.5. The van der Waals surface area contributed by atoms with Crippen molar-refractivity contribution in [2.75, 3.05) is 6.61 Å². The predicted molar refractivity (Wildman–Crippen MR) is 98.7 cm³/mol. The minimum absolute atomic E-state index is 0.651. The van der Waals surface area contributed by atoms with Gasteiger partial charge in [-0.2, -0.15) is 0 Å². The molecule has 0 saturated carbocycles. The summed E-state index contributed by atoms with van der Waals surface area (Å²) >= 11 is 0. The number of benzene rings is 1. The Bertz CT molecular complexity index is 536. The van der Waals surface area contributed by atoms with Crippen molar-refractivity contribution in [3.8, 4) is 0 Å². The van der Waals surface area contributed by atoms with Gasteiger partial charge in [0.2, 0.25) is 6.33 Å². The number of unbranched alkanes of at least 4 members (excludes halogenated alkanes) is 7. The molecule has 0 amide bonds. The third-order valence-corrected chi connectivity index (χ3v) is 4.34. The summed E-state index contributed by atoms with van der Waals surface area (Å²) < 4.78 is 10.1. The van der Waals surface area contributed by atoms with E-state index in [2.05, 4.69) is 65.1 Å². The second-order valence-corrected chi connectivity index (χ2v) is 6.60. The first-order valence-electron chi connectivity index (χ1n) is 9.55. The molecule has 0 spiro atoms. The summed E-state index contributed by atoms with van der Waals surface area (Å²) in [5.41, 5.74) is 1.32. The highest BCUT2D eigenvalue weighted by Gasteiger charge is 2.04. The Hall–Kier alpha value is -1.61. The quantitative estimate of drug-likeness (QED) is 0.376. The summed E-state index contributed by atoms with van der Waals surface area (Å²) in [5.74, 6) is 0. The minimum atomic E-state index is 0.651. The number of hydrogen-bond donors (Lipinski definition) is 0. The van der Waals surface area contributed by atoms with E-state index in [1.807, 2.05) is 0 Å². The fourth-order valence-corrected chi connectivity index (χ4v) is 2.91. The van der Waals surface area contributed by atoms with Gasteiger partial charge < -0.3 is 4.74 Å². The van der Waals surface area contributed by atoms with Crippen LogP contribution in [0.15, 0.2) is 49.1 Å². The fourth-order valence-electron chi connectivity index (χ4n) is 2.91. The Kier molecular flexibility index (Phi) is 9.25. The molecule has 0 bridgehead atoms. The van der Waals surface area contributed by atoms with E-state index in [1.165, 1.54) is 56.9 Å². The average Bonchev–Trinajstić information content (AvgIpc) is 3.05. The van der Waals surface area contributed by atoms with E-state index in [4.69, 9.17) is 4.74 Å². The fraction of sp³-hybridized carbons (Fsp3) is 0.571. The maximum atomic E-state index is 5.78. The van der Waals surface area contributed by atoms with Crippen LogP contribution in [0.3, 0.4) is 0 Å². The maximum absolute atomic E-state index is 5.78. The molecule has 0 fully saturated rings. The number of imidazole rings is 1. The van der Waals surface area contributed by atoms with Gasteiger partial charge in [0.1, 0.15) is 18.9 Å². The van der Waals surface area contributed by atoms with E-state index in [9.17, 15) is 0 Å². The van der Waals surface area contributed by atoms with E-state index in [0.717, 1.165) is 13.2 Å². The van der Waals surface area contributed by atoms with E-state index in [1.54, 1.807) is 0 Å². The zero-order chi connectivity index (χ0) is 16.9. The van der Waals surface area contributed by atoms with E-state index >= 15 is 0 Å². The lowest BCUT2D eigenvalue weighted by Gasteiger charge is -2.02. The average molecular weight is 330 g/mol. The largest absolute Gasteiger partial charge is 0.342 e. The molecular formula is C21H33N2O+. The maximum Gasteiger partial charge on any atom is 0.245 e. The van der Waals surface area contributed by atoms with Crippen LogP contribution in [0.1, 0.15) is 63.9 Å². The van der Waals surface area contributed by atoms with Crippen LogP contribution in [-0.4, -0.2) is 11.2 Å². The highest BCUT2D eigenvalue weighted by molar-refractivity contribution is 5.13. The van der Waals surface area contributed by atoms with Crippen molar-refractivity contribution in [2.24, 2.45) is 0 Å². The molecular weight excluding hydrogens is 296 g/mol. The van der Waals surface area contributed by atoms with E-state index < -0.39 is 0 Å². The Morgan fingerprint density at radius 3 is 2.38 bits per heavy atom. The van der Waals surface area contributed by atoms with Crippen LogP contribution in [0.5, 0.6) is 0 Å². The van der Waals surface area contributed by atoms with Gasteiger partial charge in [-0.25, -0.2) is 9.13 Å². The third kappa shape index (κ3) is 7.78. The van der Waals surface area contributed by atoms with Crippen LogP contribution >= 0.6 is 0 Å². The van der Waals surface area contributed by atoms with Gasteiger partial charge in [0, 0.05) is 0 Å². The molecule has 2 aromatic rings. The van der Waals surface area contributed by atoms with Crippen molar-refractivity contribution in [3.05, 3.63) is 54.6 Å². The Morgan fingerprint density at radius 2 is 1.62 bits per heavy atom. The van der Waals surface area contributed by atoms with Crippen molar-refractivity contribution in [1.82, 2.24) is 4.57 Å². The lowest BCUT2D eigenvalue weighted by atomic mass is 10.1. The van der Waals surface area contributed by atoms with Gasteiger partial charge in [-0.15, -0.1) is 0 Å². The molecule has 0 radical (unpaired) electrons. The molecule has 0 aliphatic heterocycles. The van der Waals surface area contributed by atoms with Crippen molar-refractivity contribution in [2.45, 2.75) is 71.6 Å². The number of ether oxygens (including phenoxy) is 1. The predicted octanol–water partition coefficient (Wildman–Crippen LogP) is 4.94. The van der Waals surface area contributed by atoms with E-state index in [0.29, 0.717) is 6.73 Å². The van der Waals surface area contributed by atoms with E-state index in [-0.39, 0.29) is 0 Å². The van der Waals surface area contributed by atoms with Gasteiger partial charge >= 0.3 is 0 Å². The lowest BCUT2D eigenvalue weighted by molar-refractivity contribution is -0.688. The molecule has 1 aromatic carbocycles. The van der Waals surface area contributed by atoms with Crippen LogP contribution < -0.4 is 4.57 Å². The molecule has 3 heteroatoms. The third-order valence-electron chi connectivity index (χ3n) is 4.34. The second kappa shape index (κ2) is 11.9. The molecule has 132 valence electrons. The minimum Gasteiger partial charge on any atom is -0.342 e. The monoisotopic (exact) mass is 329 g/mol. The van der Waals surface area contributed by atoms with Crippen molar-refractivity contribution in [1.29, 1.82) is 0 Å². The molecule has 0 N–H and O–H groups in total. The SMILES string of the molecule is CCCCCCCCCCOCn1cc[n+](Cc2ccccc2)c1. The van der Waals surface area contributed by atoms with Crippen LogP contribution in [0.2, 0.25) is 0 Å². The van der Waals surface area contributed by atoms with Gasteiger partial charge in [-0.1, -0.05) is 82.2 Å². The van der Waals surface area contributed by atoms with Crippen molar-refractivity contribution < 1.29 is 9.30 Å². The summed E-state index contributed by atoms with van der Waals surface area (Å²) in [7, 11) is 0. The number of aromatic nitrogens is 2. The molecule has 0 saturated heterocycles.